The molecule has 2 unspecified atom stereocenters. The lowest BCUT2D eigenvalue weighted by atomic mass is 9.94. The van der Waals surface area contributed by atoms with Crippen LogP contribution in [0, 0.1) is 0 Å². The average molecular weight is 297 g/mol. The van der Waals surface area contributed by atoms with Crippen molar-refractivity contribution in [1.29, 1.82) is 0 Å². The number of aromatic nitrogens is 2. The van der Waals surface area contributed by atoms with E-state index >= 15 is 0 Å². The van der Waals surface area contributed by atoms with Gasteiger partial charge in [0.05, 0.1) is 11.7 Å². The molecule has 1 aliphatic rings. The van der Waals surface area contributed by atoms with E-state index in [1.54, 1.807) is 0 Å². The maximum atomic E-state index is 5.55. The van der Waals surface area contributed by atoms with Crippen molar-refractivity contribution >= 4 is 11.8 Å². The molecule has 1 aromatic heterocycles. The van der Waals surface area contributed by atoms with Gasteiger partial charge in [0.1, 0.15) is 0 Å². The predicted molar refractivity (Wildman–Crippen MR) is 84.0 cm³/mol. The molecule has 1 heterocycles. The van der Waals surface area contributed by atoms with E-state index in [9.17, 15) is 0 Å². The Kier molecular flexibility index (Phi) is 6.87. The van der Waals surface area contributed by atoms with Gasteiger partial charge in [-0.2, -0.15) is 16.7 Å². The summed E-state index contributed by atoms with van der Waals surface area (Å²) in [5, 5.41) is 7.76. The van der Waals surface area contributed by atoms with Crippen molar-refractivity contribution in [3.05, 3.63) is 11.7 Å². The van der Waals surface area contributed by atoms with Crippen LogP contribution in [0.1, 0.15) is 70.0 Å². The monoisotopic (exact) mass is 297 g/mol. The van der Waals surface area contributed by atoms with Crippen molar-refractivity contribution in [2.75, 3.05) is 12.3 Å². The summed E-state index contributed by atoms with van der Waals surface area (Å²) >= 11 is 1.88. The molecule has 0 spiro atoms. The normalized spacial score (nSPS) is 23.7. The minimum absolute atomic E-state index is 0.398. The van der Waals surface area contributed by atoms with E-state index < -0.39 is 0 Å². The molecule has 4 nitrogen and oxygen atoms in total. The molecule has 0 radical (unpaired) electrons. The van der Waals surface area contributed by atoms with Crippen LogP contribution in [-0.2, 0) is 5.75 Å². The summed E-state index contributed by atoms with van der Waals surface area (Å²) in [6.07, 6.45) is 7.49. The quantitative estimate of drug-likeness (QED) is 0.614. The highest BCUT2D eigenvalue weighted by atomic mass is 32.2. The van der Waals surface area contributed by atoms with E-state index in [0.29, 0.717) is 12.0 Å². The molecular formula is C15H27N3OS. The SMILES string of the molecule is CCCSCc1noc(C2CCCCCC2NCC)n1. The molecule has 1 aliphatic carbocycles. The highest BCUT2D eigenvalue weighted by molar-refractivity contribution is 7.98. The Labute approximate surface area is 126 Å². The molecule has 2 rings (SSSR count). The largest absolute Gasteiger partial charge is 0.339 e. The molecule has 1 fully saturated rings. The molecular weight excluding hydrogens is 270 g/mol. The van der Waals surface area contributed by atoms with Gasteiger partial charge in [0.2, 0.25) is 5.89 Å². The molecule has 0 saturated heterocycles. The van der Waals surface area contributed by atoms with E-state index in [2.05, 4.69) is 29.3 Å². The summed E-state index contributed by atoms with van der Waals surface area (Å²) in [5.41, 5.74) is 0. The van der Waals surface area contributed by atoms with Crippen molar-refractivity contribution in [1.82, 2.24) is 15.5 Å². The number of rotatable bonds is 7. The third-order valence-corrected chi connectivity index (χ3v) is 5.02. The lowest BCUT2D eigenvalue weighted by Crippen LogP contribution is -2.34. The molecule has 0 aliphatic heterocycles. The van der Waals surface area contributed by atoms with Crippen LogP contribution in [0.4, 0.5) is 0 Å². The maximum absolute atomic E-state index is 5.55. The lowest BCUT2D eigenvalue weighted by Gasteiger charge is -2.22. The van der Waals surface area contributed by atoms with Crippen molar-refractivity contribution in [2.45, 2.75) is 70.1 Å². The Hall–Kier alpha value is -0.550. The van der Waals surface area contributed by atoms with Gasteiger partial charge in [-0.3, -0.25) is 0 Å². The van der Waals surface area contributed by atoms with E-state index in [1.807, 2.05) is 11.8 Å². The first-order valence-corrected chi connectivity index (χ1v) is 9.14. The molecule has 2 atom stereocenters. The van der Waals surface area contributed by atoms with Crippen LogP contribution in [0.25, 0.3) is 0 Å². The lowest BCUT2D eigenvalue weighted by molar-refractivity contribution is 0.304. The second kappa shape index (κ2) is 8.67. The van der Waals surface area contributed by atoms with Crippen LogP contribution >= 0.6 is 11.8 Å². The average Bonchev–Trinajstić information content (AvgIpc) is 2.79. The van der Waals surface area contributed by atoms with E-state index in [1.165, 1.54) is 38.5 Å². The standard InChI is InChI=1S/C15H27N3OS/c1-3-10-20-11-14-17-15(19-18-14)12-8-6-5-7-9-13(12)16-4-2/h12-13,16H,3-11H2,1-2H3. The van der Waals surface area contributed by atoms with Crippen molar-refractivity contribution in [2.24, 2.45) is 0 Å². The topological polar surface area (TPSA) is 51.0 Å². The molecule has 5 heteroatoms. The smallest absolute Gasteiger partial charge is 0.231 e. The van der Waals surface area contributed by atoms with Crippen molar-refractivity contribution in [3.63, 3.8) is 0 Å². The summed E-state index contributed by atoms with van der Waals surface area (Å²) in [6, 6.07) is 0.499. The number of hydrogen-bond acceptors (Lipinski definition) is 5. The van der Waals surface area contributed by atoms with Gasteiger partial charge in [-0.25, -0.2) is 0 Å². The predicted octanol–water partition coefficient (Wildman–Crippen LogP) is 3.74. The first-order chi connectivity index (χ1) is 9.85. The van der Waals surface area contributed by atoms with Crippen molar-refractivity contribution in [3.8, 4) is 0 Å². The van der Waals surface area contributed by atoms with Crippen LogP contribution in [0.5, 0.6) is 0 Å². The van der Waals surface area contributed by atoms with Crippen LogP contribution in [0.3, 0.4) is 0 Å². The van der Waals surface area contributed by atoms with E-state index in [4.69, 9.17) is 4.52 Å². The molecule has 0 bridgehead atoms. The maximum Gasteiger partial charge on any atom is 0.231 e. The van der Waals surface area contributed by atoms with Crippen LogP contribution in [0.15, 0.2) is 4.52 Å². The molecule has 0 amide bonds. The van der Waals surface area contributed by atoms with Gasteiger partial charge in [-0.1, -0.05) is 38.3 Å². The molecule has 20 heavy (non-hydrogen) atoms. The summed E-state index contributed by atoms with van der Waals surface area (Å²) < 4.78 is 5.55. The zero-order valence-electron chi connectivity index (χ0n) is 12.7. The zero-order chi connectivity index (χ0) is 14.2. The second-order valence-electron chi connectivity index (χ2n) is 5.51. The Balaban J connectivity index is 1.99. The minimum atomic E-state index is 0.398. The Morgan fingerprint density at radius 1 is 1.25 bits per heavy atom. The summed E-state index contributed by atoms with van der Waals surface area (Å²) in [7, 11) is 0. The Morgan fingerprint density at radius 3 is 2.90 bits per heavy atom. The summed E-state index contributed by atoms with van der Waals surface area (Å²) in [4.78, 5) is 4.64. The molecule has 114 valence electrons. The number of nitrogens with zero attached hydrogens (tertiary/aromatic N) is 2. The zero-order valence-corrected chi connectivity index (χ0v) is 13.5. The van der Waals surface area contributed by atoms with Gasteiger partial charge in [0.25, 0.3) is 0 Å². The van der Waals surface area contributed by atoms with Gasteiger partial charge >= 0.3 is 0 Å². The fourth-order valence-corrected chi connectivity index (χ4v) is 3.63. The number of nitrogens with one attached hydrogen (secondary N) is 1. The third kappa shape index (κ3) is 4.48. The fourth-order valence-electron chi connectivity index (χ4n) is 2.89. The Bertz CT molecular complexity index is 383. The third-order valence-electron chi connectivity index (χ3n) is 3.86. The highest BCUT2D eigenvalue weighted by Crippen LogP contribution is 2.31. The van der Waals surface area contributed by atoms with Crippen LogP contribution in [0.2, 0.25) is 0 Å². The van der Waals surface area contributed by atoms with Gasteiger partial charge in [-0.15, -0.1) is 0 Å². The van der Waals surface area contributed by atoms with Gasteiger partial charge in [0.15, 0.2) is 5.82 Å². The van der Waals surface area contributed by atoms with Crippen LogP contribution < -0.4 is 5.32 Å². The minimum Gasteiger partial charge on any atom is -0.339 e. The molecule has 0 aromatic carbocycles. The van der Waals surface area contributed by atoms with Crippen molar-refractivity contribution < 1.29 is 4.52 Å². The molecule has 1 aromatic rings. The van der Waals surface area contributed by atoms with Gasteiger partial charge < -0.3 is 9.84 Å². The number of likely N-dealkylation sites (N-methyl/N-ethyl adjacent to an activating group) is 1. The number of thioether (sulfide) groups is 1. The second-order valence-corrected chi connectivity index (χ2v) is 6.62. The summed E-state index contributed by atoms with van der Waals surface area (Å²) in [6.45, 7) is 5.37. The Morgan fingerprint density at radius 2 is 2.10 bits per heavy atom. The van der Waals surface area contributed by atoms with Gasteiger partial charge in [-0.05, 0) is 31.6 Å². The molecule has 1 saturated carbocycles. The molecule has 1 N–H and O–H groups in total. The van der Waals surface area contributed by atoms with Gasteiger partial charge in [0, 0.05) is 6.04 Å². The summed E-state index contributed by atoms with van der Waals surface area (Å²) in [5.74, 6) is 4.14. The van der Waals surface area contributed by atoms with E-state index in [-0.39, 0.29) is 0 Å². The van der Waals surface area contributed by atoms with Crippen LogP contribution in [-0.4, -0.2) is 28.5 Å². The van der Waals surface area contributed by atoms with E-state index in [0.717, 1.165) is 29.8 Å². The number of hydrogen-bond donors (Lipinski definition) is 1. The first kappa shape index (κ1) is 15.8. The first-order valence-electron chi connectivity index (χ1n) is 7.98. The highest BCUT2D eigenvalue weighted by Gasteiger charge is 2.29. The fraction of sp³-hybridized carbons (Fsp3) is 0.867.